The molecule has 1 aliphatic carbocycles. The molecule has 0 spiro atoms. The standard InChI is InChI=1S/C14H29NO/c1-5-6-12-7-8-14(15-3)13(10-12)9-11(2)16-4/h11-15H,5-10H2,1-4H3. The lowest BCUT2D eigenvalue weighted by Gasteiger charge is -2.37. The minimum Gasteiger partial charge on any atom is -0.382 e. The Bertz CT molecular complexity index is 184. The Morgan fingerprint density at radius 1 is 1.38 bits per heavy atom. The lowest BCUT2D eigenvalue weighted by molar-refractivity contribution is 0.0706. The van der Waals surface area contributed by atoms with E-state index in [1.807, 2.05) is 7.11 Å². The van der Waals surface area contributed by atoms with Gasteiger partial charge < -0.3 is 10.1 Å². The highest BCUT2D eigenvalue weighted by Gasteiger charge is 2.29. The van der Waals surface area contributed by atoms with Gasteiger partial charge in [-0.05, 0) is 51.5 Å². The smallest absolute Gasteiger partial charge is 0.0546 e. The van der Waals surface area contributed by atoms with Crippen molar-refractivity contribution in [2.24, 2.45) is 11.8 Å². The summed E-state index contributed by atoms with van der Waals surface area (Å²) in [6.07, 6.45) is 8.52. The van der Waals surface area contributed by atoms with E-state index in [0.29, 0.717) is 12.1 Å². The Balaban J connectivity index is 2.46. The molecule has 0 aromatic heterocycles. The Morgan fingerprint density at radius 2 is 2.12 bits per heavy atom. The van der Waals surface area contributed by atoms with Gasteiger partial charge in [0.25, 0.3) is 0 Å². The predicted octanol–water partition coefficient (Wildman–Crippen LogP) is 3.22. The van der Waals surface area contributed by atoms with Crippen LogP contribution in [0.25, 0.3) is 0 Å². The van der Waals surface area contributed by atoms with Gasteiger partial charge in [0.05, 0.1) is 6.10 Å². The molecule has 4 atom stereocenters. The van der Waals surface area contributed by atoms with Crippen LogP contribution in [0.15, 0.2) is 0 Å². The van der Waals surface area contributed by atoms with Gasteiger partial charge in [-0.3, -0.25) is 0 Å². The molecule has 2 nitrogen and oxygen atoms in total. The highest BCUT2D eigenvalue weighted by Crippen LogP contribution is 2.34. The summed E-state index contributed by atoms with van der Waals surface area (Å²) in [5.41, 5.74) is 0. The second-order valence-corrected chi connectivity index (χ2v) is 5.41. The van der Waals surface area contributed by atoms with E-state index in [-0.39, 0.29) is 0 Å². The molecule has 4 unspecified atom stereocenters. The van der Waals surface area contributed by atoms with Gasteiger partial charge in [0.2, 0.25) is 0 Å². The molecule has 96 valence electrons. The maximum absolute atomic E-state index is 5.41. The zero-order valence-corrected chi connectivity index (χ0v) is 11.5. The zero-order valence-electron chi connectivity index (χ0n) is 11.5. The summed E-state index contributed by atoms with van der Waals surface area (Å²) in [6, 6.07) is 0.714. The Morgan fingerprint density at radius 3 is 2.69 bits per heavy atom. The van der Waals surface area contributed by atoms with Crippen molar-refractivity contribution in [3.05, 3.63) is 0 Å². The number of rotatable bonds is 6. The third-order valence-electron chi connectivity index (χ3n) is 4.20. The second-order valence-electron chi connectivity index (χ2n) is 5.41. The molecule has 1 N–H and O–H groups in total. The molecule has 0 aromatic carbocycles. The molecule has 1 aliphatic rings. The number of ether oxygens (including phenoxy) is 1. The van der Waals surface area contributed by atoms with Crippen molar-refractivity contribution in [1.82, 2.24) is 5.32 Å². The van der Waals surface area contributed by atoms with E-state index in [2.05, 4.69) is 26.2 Å². The van der Waals surface area contributed by atoms with Crippen LogP contribution in [0.1, 0.15) is 52.4 Å². The van der Waals surface area contributed by atoms with Gasteiger partial charge in [-0.15, -0.1) is 0 Å². The Hall–Kier alpha value is -0.0800. The fourth-order valence-corrected chi connectivity index (χ4v) is 3.19. The Kier molecular flexibility index (Phi) is 6.37. The van der Waals surface area contributed by atoms with Gasteiger partial charge in [0, 0.05) is 13.2 Å². The topological polar surface area (TPSA) is 21.3 Å². The van der Waals surface area contributed by atoms with Gasteiger partial charge in [-0.1, -0.05) is 19.8 Å². The van der Waals surface area contributed by atoms with Crippen molar-refractivity contribution >= 4 is 0 Å². The number of nitrogens with one attached hydrogen (secondary N) is 1. The summed E-state index contributed by atoms with van der Waals surface area (Å²) < 4.78 is 5.41. The van der Waals surface area contributed by atoms with Crippen molar-refractivity contribution in [3.63, 3.8) is 0 Å². The molecule has 1 rings (SSSR count). The summed E-state index contributed by atoms with van der Waals surface area (Å²) in [5.74, 6) is 1.77. The van der Waals surface area contributed by atoms with Gasteiger partial charge in [0.1, 0.15) is 0 Å². The maximum Gasteiger partial charge on any atom is 0.0546 e. The average Bonchev–Trinajstić information content (AvgIpc) is 2.30. The first kappa shape index (κ1) is 14.0. The first-order valence-electron chi connectivity index (χ1n) is 6.91. The minimum absolute atomic E-state index is 0.404. The van der Waals surface area contributed by atoms with Crippen molar-refractivity contribution in [2.75, 3.05) is 14.2 Å². The fourth-order valence-electron chi connectivity index (χ4n) is 3.19. The molecular formula is C14H29NO. The van der Waals surface area contributed by atoms with E-state index in [9.17, 15) is 0 Å². The number of hydrogen-bond acceptors (Lipinski definition) is 2. The van der Waals surface area contributed by atoms with Gasteiger partial charge in [-0.2, -0.15) is 0 Å². The summed E-state index contributed by atoms with van der Waals surface area (Å²) >= 11 is 0. The lowest BCUT2D eigenvalue weighted by Crippen LogP contribution is -2.40. The minimum atomic E-state index is 0.404. The molecule has 0 radical (unpaired) electrons. The molecule has 2 heteroatoms. The van der Waals surface area contributed by atoms with Crippen molar-refractivity contribution in [2.45, 2.75) is 64.5 Å². The number of methoxy groups -OCH3 is 1. The zero-order chi connectivity index (χ0) is 12.0. The fraction of sp³-hybridized carbons (Fsp3) is 1.00. The van der Waals surface area contributed by atoms with E-state index in [1.165, 1.54) is 38.5 Å². The normalized spacial score (nSPS) is 32.6. The van der Waals surface area contributed by atoms with E-state index >= 15 is 0 Å². The molecule has 0 saturated heterocycles. The first-order chi connectivity index (χ1) is 7.71. The molecule has 0 aromatic rings. The summed E-state index contributed by atoms with van der Waals surface area (Å²) in [6.45, 7) is 4.49. The molecular weight excluding hydrogens is 198 g/mol. The lowest BCUT2D eigenvalue weighted by atomic mass is 9.74. The maximum atomic E-state index is 5.41. The van der Waals surface area contributed by atoms with Gasteiger partial charge >= 0.3 is 0 Å². The van der Waals surface area contributed by atoms with Crippen LogP contribution in [-0.4, -0.2) is 26.3 Å². The van der Waals surface area contributed by atoms with Crippen LogP contribution >= 0.6 is 0 Å². The van der Waals surface area contributed by atoms with Crippen molar-refractivity contribution < 1.29 is 4.74 Å². The summed E-state index contributed by atoms with van der Waals surface area (Å²) in [7, 11) is 3.93. The van der Waals surface area contributed by atoms with E-state index < -0.39 is 0 Å². The van der Waals surface area contributed by atoms with Crippen molar-refractivity contribution in [1.29, 1.82) is 0 Å². The highest BCUT2D eigenvalue weighted by atomic mass is 16.5. The van der Waals surface area contributed by atoms with Gasteiger partial charge in [-0.25, -0.2) is 0 Å². The monoisotopic (exact) mass is 227 g/mol. The molecule has 1 fully saturated rings. The van der Waals surface area contributed by atoms with Gasteiger partial charge in [0.15, 0.2) is 0 Å². The molecule has 1 saturated carbocycles. The van der Waals surface area contributed by atoms with Crippen molar-refractivity contribution in [3.8, 4) is 0 Å². The largest absolute Gasteiger partial charge is 0.382 e. The van der Waals surface area contributed by atoms with E-state index in [4.69, 9.17) is 4.74 Å². The van der Waals surface area contributed by atoms with Crippen LogP contribution in [0.2, 0.25) is 0 Å². The Labute approximate surface area is 101 Å². The van der Waals surface area contributed by atoms with Crippen LogP contribution in [0.4, 0.5) is 0 Å². The first-order valence-corrected chi connectivity index (χ1v) is 6.91. The summed E-state index contributed by atoms with van der Waals surface area (Å²) in [4.78, 5) is 0. The summed E-state index contributed by atoms with van der Waals surface area (Å²) in [5, 5.41) is 3.49. The molecule has 0 heterocycles. The molecule has 0 aliphatic heterocycles. The third kappa shape index (κ3) is 4.06. The van der Waals surface area contributed by atoms with Crippen LogP contribution < -0.4 is 5.32 Å². The van der Waals surface area contributed by atoms with E-state index in [0.717, 1.165) is 11.8 Å². The quantitative estimate of drug-likeness (QED) is 0.752. The SMILES string of the molecule is CCCC1CCC(NC)C(CC(C)OC)C1. The van der Waals surface area contributed by atoms with Crippen LogP contribution in [0.3, 0.4) is 0 Å². The third-order valence-corrected chi connectivity index (χ3v) is 4.20. The second kappa shape index (κ2) is 7.29. The van der Waals surface area contributed by atoms with Crippen LogP contribution in [0.5, 0.6) is 0 Å². The number of hydrogen-bond donors (Lipinski definition) is 1. The molecule has 0 bridgehead atoms. The van der Waals surface area contributed by atoms with E-state index in [1.54, 1.807) is 0 Å². The van der Waals surface area contributed by atoms with Crippen LogP contribution in [-0.2, 0) is 4.74 Å². The highest BCUT2D eigenvalue weighted by molar-refractivity contribution is 4.85. The average molecular weight is 227 g/mol. The predicted molar refractivity (Wildman–Crippen MR) is 69.7 cm³/mol. The van der Waals surface area contributed by atoms with Crippen LogP contribution in [0, 0.1) is 11.8 Å². The molecule has 0 amide bonds. The molecule has 16 heavy (non-hydrogen) atoms.